The first-order valence-electron chi connectivity index (χ1n) is 5.09. The van der Waals surface area contributed by atoms with Gasteiger partial charge < -0.3 is 10.5 Å². The second kappa shape index (κ2) is 5.22. The summed E-state index contributed by atoms with van der Waals surface area (Å²) >= 11 is 0. The Labute approximate surface area is 79.6 Å². The normalized spacial score (nSPS) is 30.3. The third-order valence-electron chi connectivity index (χ3n) is 2.82. The Bertz CT molecular complexity index is 170. The summed E-state index contributed by atoms with van der Waals surface area (Å²) in [6, 6.07) is 0.00718. The first kappa shape index (κ1) is 10.5. The molecule has 2 N–H and O–H groups in total. The van der Waals surface area contributed by atoms with Crippen LogP contribution >= 0.6 is 0 Å². The van der Waals surface area contributed by atoms with Crippen molar-refractivity contribution >= 4 is 5.97 Å². The summed E-state index contributed by atoms with van der Waals surface area (Å²) in [6.07, 6.45) is 6.58. The van der Waals surface area contributed by atoms with Gasteiger partial charge in [-0.25, -0.2) is 0 Å². The molecule has 0 spiro atoms. The molecular weight excluding hydrogens is 166 g/mol. The molecule has 1 rings (SSSR count). The van der Waals surface area contributed by atoms with Crippen LogP contribution in [0.5, 0.6) is 0 Å². The van der Waals surface area contributed by atoms with Gasteiger partial charge in [-0.15, -0.1) is 0 Å². The van der Waals surface area contributed by atoms with E-state index in [1.165, 1.54) is 20.0 Å². The van der Waals surface area contributed by atoms with E-state index in [1.54, 1.807) is 0 Å². The Kier molecular flexibility index (Phi) is 4.22. The van der Waals surface area contributed by atoms with Crippen molar-refractivity contribution in [2.45, 2.75) is 44.6 Å². The lowest BCUT2D eigenvalue weighted by molar-refractivity contribution is -0.146. The average molecular weight is 185 g/mol. The second-order valence-electron chi connectivity index (χ2n) is 3.79. The van der Waals surface area contributed by atoms with Crippen LogP contribution in [0.1, 0.15) is 38.5 Å². The van der Waals surface area contributed by atoms with Crippen molar-refractivity contribution in [2.75, 3.05) is 7.11 Å². The van der Waals surface area contributed by atoms with Gasteiger partial charge in [-0.05, 0) is 12.8 Å². The highest BCUT2D eigenvalue weighted by Crippen LogP contribution is 2.22. The number of hydrogen-bond donors (Lipinski definition) is 1. The van der Waals surface area contributed by atoms with E-state index >= 15 is 0 Å². The highest BCUT2D eigenvalue weighted by atomic mass is 16.5. The highest BCUT2D eigenvalue weighted by Gasteiger charge is 2.26. The van der Waals surface area contributed by atoms with Crippen LogP contribution in [-0.2, 0) is 9.53 Å². The molecule has 0 saturated heterocycles. The van der Waals surface area contributed by atoms with Gasteiger partial charge in [-0.1, -0.05) is 25.7 Å². The maximum Gasteiger partial charge on any atom is 0.310 e. The number of carbonyl (C=O) groups excluding carboxylic acids is 1. The van der Waals surface area contributed by atoms with Crippen molar-refractivity contribution in [2.24, 2.45) is 11.7 Å². The van der Waals surface area contributed by atoms with Crippen molar-refractivity contribution in [3.63, 3.8) is 0 Å². The molecule has 1 fully saturated rings. The highest BCUT2D eigenvalue weighted by molar-refractivity contribution is 5.73. The number of rotatable bonds is 1. The summed E-state index contributed by atoms with van der Waals surface area (Å²) in [5.41, 5.74) is 5.92. The molecule has 0 aromatic carbocycles. The summed E-state index contributed by atoms with van der Waals surface area (Å²) in [6.45, 7) is 0. The zero-order valence-electron chi connectivity index (χ0n) is 8.29. The van der Waals surface area contributed by atoms with E-state index in [9.17, 15) is 4.79 Å². The lowest BCUT2D eigenvalue weighted by atomic mass is 9.87. The molecule has 0 aromatic rings. The molecule has 3 heteroatoms. The lowest BCUT2D eigenvalue weighted by Crippen LogP contribution is -2.36. The number of carbonyl (C=O) groups is 1. The van der Waals surface area contributed by atoms with Gasteiger partial charge >= 0.3 is 5.97 Å². The molecule has 0 radical (unpaired) electrons. The molecule has 1 aliphatic carbocycles. The Morgan fingerprint density at radius 1 is 1.23 bits per heavy atom. The van der Waals surface area contributed by atoms with E-state index in [0.29, 0.717) is 0 Å². The second-order valence-corrected chi connectivity index (χ2v) is 3.79. The number of ether oxygens (including phenoxy) is 1. The molecule has 0 heterocycles. The summed E-state index contributed by atoms with van der Waals surface area (Å²) in [5.74, 6) is -0.195. The molecule has 0 unspecified atom stereocenters. The fourth-order valence-electron chi connectivity index (χ4n) is 1.96. The number of methoxy groups -OCH3 is 1. The van der Waals surface area contributed by atoms with E-state index in [-0.39, 0.29) is 17.9 Å². The quantitative estimate of drug-likeness (QED) is 0.629. The Morgan fingerprint density at radius 2 is 1.85 bits per heavy atom. The first-order chi connectivity index (χ1) is 6.25. The maximum atomic E-state index is 11.3. The predicted molar refractivity (Wildman–Crippen MR) is 51.2 cm³/mol. The van der Waals surface area contributed by atoms with Crippen molar-refractivity contribution in [1.29, 1.82) is 0 Å². The standard InChI is InChI=1S/C10H19NO2/c1-13-10(12)8-6-4-2-3-5-7-9(8)11/h8-9H,2-7,11H2,1H3/t8-,9+/m1/s1. The molecule has 0 amide bonds. The van der Waals surface area contributed by atoms with E-state index in [2.05, 4.69) is 0 Å². The number of nitrogens with two attached hydrogens (primary N) is 1. The molecule has 0 aromatic heterocycles. The van der Waals surface area contributed by atoms with Crippen LogP contribution in [0.15, 0.2) is 0 Å². The minimum atomic E-state index is -0.130. The van der Waals surface area contributed by atoms with Crippen LogP contribution in [0, 0.1) is 5.92 Å². The summed E-state index contributed by atoms with van der Waals surface area (Å²) in [7, 11) is 1.44. The smallest absolute Gasteiger partial charge is 0.310 e. The number of hydrogen-bond acceptors (Lipinski definition) is 3. The van der Waals surface area contributed by atoms with E-state index in [1.807, 2.05) is 0 Å². The van der Waals surface area contributed by atoms with Crippen LogP contribution < -0.4 is 5.73 Å². The Hall–Kier alpha value is -0.570. The van der Waals surface area contributed by atoms with E-state index < -0.39 is 0 Å². The van der Waals surface area contributed by atoms with E-state index in [4.69, 9.17) is 10.5 Å². The minimum absolute atomic E-state index is 0.00718. The SMILES string of the molecule is COC(=O)[C@@H]1CCCCCC[C@@H]1N. The fourth-order valence-corrected chi connectivity index (χ4v) is 1.96. The molecule has 0 bridgehead atoms. The topological polar surface area (TPSA) is 52.3 Å². The third-order valence-corrected chi connectivity index (χ3v) is 2.82. The van der Waals surface area contributed by atoms with Crippen molar-refractivity contribution < 1.29 is 9.53 Å². The predicted octanol–water partition coefficient (Wildman–Crippen LogP) is 1.46. The average Bonchev–Trinajstić information content (AvgIpc) is 2.11. The maximum absolute atomic E-state index is 11.3. The number of esters is 1. The minimum Gasteiger partial charge on any atom is -0.469 e. The van der Waals surface area contributed by atoms with Gasteiger partial charge in [-0.2, -0.15) is 0 Å². The van der Waals surface area contributed by atoms with Crippen molar-refractivity contribution in [3.8, 4) is 0 Å². The molecule has 13 heavy (non-hydrogen) atoms. The third kappa shape index (κ3) is 2.99. The van der Waals surface area contributed by atoms with Crippen LogP contribution in [0.3, 0.4) is 0 Å². The zero-order valence-corrected chi connectivity index (χ0v) is 8.29. The van der Waals surface area contributed by atoms with E-state index in [0.717, 1.165) is 25.7 Å². The Balaban J connectivity index is 2.50. The molecule has 76 valence electrons. The van der Waals surface area contributed by atoms with Gasteiger partial charge in [0.05, 0.1) is 13.0 Å². The molecule has 3 nitrogen and oxygen atoms in total. The van der Waals surface area contributed by atoms with Crippen molar-refractivity contribution in [3.05, 3.63) is 0 Å². The van der Waals surface area contributed by atoms with Gasteiger partial charge in [0.15, 0.2) is 0 Å². The molecule has 2 atom stereocenters. The van der Waals surface area contributed by atoms with Crippen LogP contribution in [0.4, 0.5) is 0 Å². The fraction of sp³-hybridized carbons (Fsp3) is 0.900. The molecule has 1 saturated carbocycles. The Morgan fingerprint density at radius 3 is 2.46 bits per heavy atom. The van der Waals surface area contributed by atoms with Crippen LogP contribution in [0.25, 0.3) is 0 Å². The molecule has 0 aliphatic heterocycles. The van der Waals surface area contributed by atoms with Gasteiger partial charge in [0.2, 0.25) is 0 Å². The molecular formula is C10H19NO2. The van der Waals surface area contributed by atoms with Gasteiger partial charge in [0, 0.05) is 6.04 Å². The largest absolute Gasteiger partial charge is 0.469 e. The summed E-state index contributed by atoms with van der Waals surface area (Å²) in [5, 5.41) is 0. The van der Waals surface area contributed by atoms with Crippen LogP contribution in [-0.4, -0.2) is 19.1 Å². The van der Waals surface area contributed by atoms with Gasteiger partial charge in [0.1, 0.15) is 0 Å². The molecule has 1 aliphatic rings. The van der Waals surface area contributed by atoms with Crippen molar-refractivity contribution in [1.82, 2.24) is 0 Å². The monoisotopic (exact) mass is 185 g/mol. The zero-order chi connectivity index (χ0) is 9.68. The summed E-state index contributed by atoms with van der Waals surface area (Å²) in [4.78, 5) is 11.3. The summed E-state index contributed by atoms with van der Waals surface area (Å²) < 4.78 is 4.74. The lowest BCUT2D eigenvalue weighted by Gasteiger charge is -2.23. The van der Waals surface area contributed by atoms with Crippen LogP contribution in [0.2, 0.25) is 0 Å². The first-order valence-corrected chi connectivity index (χ1v) is 5.09. The van der Waals surface area contributed by atoms with Gasteiger partial charge in [-0.3, -0.25) is 4.79 Å². The van der Waals surface area contributed by atoms with Gasteiger partial charge in [0.25, 0.3) is 0 Å².